The zero-order chi connectivity index (χ0) is 13.7. The van der Waals surface area contributed by atoms with Gasteiger partial charge >= 0.3 is 0 Å². The van der Waals surface area contributed by atoms with E-state index in [0.29, 0.717) is 5.02 Å². The number of anilines is 1. The van der Waals surface area contributed by atoms with Gasteiger partial charge in [-0.25, -0.2) is 0 Å². The van der Waals surface area contributed by atoms with Crippen LogP contribution in [0.2, 0.25) is 5.02 Å². The Morgan fingerprint density at radius 2 is 2.00 bits per heavy atom. The molecule has 0 radical (unpaired) electrons. The third-order valence-electron chi connectivity index (χ3n) is 3.01. The van der Waals surface area contributed by atoms with Crippen LogP contribution >= 0.6 is 11.6 Å². The Hall–Kier alpha value is -1.98. The van der Waals surface area contributed by atoms with Crippen LogP contribution in [-0.4, -0.2) is 0 Å². The molecule has 0 aliphatic carbocycles. The smallest absolute Gasteiger partial charge is 0.140 e. The number of benzene rings is 2. The molecule has 2 aromatic rings. The van der Waals surface area contributed by atoms with Crippen molar-refractivity contribution >= 4 is 17.3 Å². The zero-order valence-corrected chi connectivity index (χ0v) is 11.5. The quantitative estimate of drug-likeness (QED) is 0.883. The normalized spacial score (nSPS) is 11.6. The average molecular weight is 271 g/mol. The maximum atomic E-state index is 9.38. The van der Waals surface area contributed by atoms with Crippen molar-refractivity contribution in [2.45, 2.75) is 19.4 Å². The first-order valence-electron chi connectivity index (χ1n) is 6.24. The summed E-state index contributed by atoms with van der Waals surface area (Å²) >= 11 is 5.95. The van der Waals surface area contributed by atoms with Crippen LogP contribution in [0.3, 0.4) is 0 Å². The fraction of sp³-hybridized carbons (Fsp3) is 0.188. The Morgan fingerprint density at radius 3 is 2.68 bits per heavy atom. The van der Waals surface area contributed by atoms with Crippen molar-refractivity contribution in [3.8, 4) is 6.07 Å². The predicted molar refractivity (Wildman–Crippen MR) is 79.2 cm³/mol. The van der Waals surface area contributed by atoms with Crippen molar-refractivity contribution in [3.05, 3.63) is 64.7 Å². The number of halogens is 1. The van der Waals surface area contributed by atoms with Crippen LogP contribution < -0.4 is 5.32 Å². The SMILES string of the molecule is CCc1ccccc1C(C#N)Nc1cccc(Cl)c1. The summed E-state index contributed by atoms with van der Waals surface area (Å²) in [6, 6.07) is 17.3. The van der Waals surface area contributed by atoms with Crippen molar-refractivity contribution < 1.29 is 0 Å². The lowest BCUT2D eigenvalue weighted by Crippen LogP contribution is -2.10. The molecule has 1 atom stereocenters. The summed E-state index contributed by atoms with van der Waals surface area (Å²) in [5.41, 5.74) is 3.06. The minimum atomic E-state index is -0.366. The number of hydrogen-bond donors (Lipinski definition) is 1. The number of nitriles is 1. The van der Waals surface area contributed by atoms with Gasteiger partial charge in [0, 0.05) is 10.7 Å². The molecule has 0 amide bonds. The molecule has 0 aliphatic rings. The highest BCUT2D eigenvalue weighted by atomic mass is 35.5. The maximum absolute atomic E-state index is 9.38. The van der Waals surface area contributed by atoms with Gasteiger partial charge in [-0.3, -0.25) is 0 Å². The van der Waals surface area contributed by atoms with Crippen molar-refractivity contribution in [1.82, 2.24) is 0 Å². The van der Waals surface area contributed by atoms with E-state index in [9.17, 15) is 5.26 Å². The number of rotatable bonds is 4. The monoisotopic (exact) mass is 270 g/mol. The van der Waals surface area contributed by atoms with Crippen LogP contribution in [-0.2, 0) is 6.42 Å². The summed E-state index contributed by atoms with van der Waals surface area (Å²) in [5.74, 6) is 0. The van der Waals surface area contributed by atoms with Gasteiger partial charge in [0.2, 0.25) is 0 Å². The standard InChI is InChI=1S/C16H15ClN2/c1-2-12-6-3-4-9-15(12)16(11-18)19-14-8-5-7-13(17)10-14/h3-10,16,19H,2H2,1H3. The fourth-order valence-corrected chi connectivity index (χ4v) is 2.25. The van der Waals surface area contributed by atoms with Crippen molar-refractivity contribution in [2.75, 3.05) is 5.32 Å². The molecule has 2 rings (SSSR count). The second-order valence-corrected chi connectivity index (χ2v) is 4.71. The molecule has 96 valence electrons. The highest BCUT2D eigenvalue weighted by molar-refractivity contribution is 6.30. The topological polar surface area (TPSA) is 35.8 Å². The molecule has 0 spiro atoms. The molecule has 2 aromatic carbocycles. The lowest BCUT2D eigenvalue weighted by molar-refractivity contribution is 0.954. The van der Waals surface area contributed by atoms with Gasteiger partial charge in [-0.05, 0) is 35.7 Å². The molecule has 2 nitrogen and oxygen atoms in total. The third-order valence-corrected chi connectivity index (χ3v) is 3.25. The molecule has 3 heteroatoms. The van der Waals surface area contributed by atoms with Crippen LogP contribution in [0, 0.1) is 11.3 Å². The Kier molecular flexibility index (Phi) is 4.43. The summed E-state index contributed by atoms with van der Waals surface area (Å²) < 4.78 is 0. The molecule has 0 heterocycles. The van der Waals surface area contributed by atoms with E-state index in [2.05, 4.69) is 24.4 Å². The molecule has 0 fully saturated rings. The third kappa shape index (κ3) is 3.27. The first-order valence-corrected chi connectivity index (χ1v) is 6.62. The fourth-order valence-electron chi connectivity index (χ4n) is 2.06. The Morgan fingerprint density at radius 1 is 1.21 bits per heavy atom. The van der Waals surface area contributed by atoms with Crippen LogP contribution in [0.4, 0.5) is 5.69 Å². The maximum Gasteiger partial charge on any atom is 0.140 e. The molecular weight excluding hydrogens is 256 g/mol. The van der Waals surface area contributed by atoms with Gasteiger partial charge in [-0.1, -0.05) is 48.9 Å². The minimum Gasteiger partial charge on any atom is -0.366 e. The largest absolute Gasteiger partial charge is 0.366 e. The van der Waals surface area contributed by atoms with E-state index in [1.165, 1.54) is 5.56 Å². The van der Waals surface area contributed by atoms with E-state index in [-0.39, 0.29) is 6.04 Å². The van der Waals surface area contributed by atoms with E-state index in [0.717, 1.165) is 17.7 Å². The summed E-state index contributed by atoms with van der Waals surface area (Å²) in [7, 11) is 0. The van der Waals surface area contributed by atoms with Crippen LogP contribution in [0.25, 0.3) is 0 Å². The van der Waals surface area contributed by atoms with Gasteiger partial charge in [0.1, 0.15) is 6.04 Å². The second-order valence-electron chi connectivity index (χ2n) is 4.27. The molecule has 1 N–H and O–H groups in total. The van der Waals surface area contributed by atoms with E-state index in [4.69, 9.17) is 11.6 Å². The van der Waals surface area contributed by atoms with Gasteiger partial charge in [-0.2, -0.15) is 5.26 Å². The Labute approximate surface area is 118 Å². The first kappa shape index (κ1) is 13.5. The van der Waals surface area contributed by atoms with Gasteiger partial charge in [-0.15, -0.1) is 0 Å². The lowest BCUT2D eigenvalue weighted by Gasteiger charge is -2.16. The van der Waals surface area contributed by atoms with Crippen molar-refractivity contribution in [2.24, 2.45) is 0 Å². The molecule has 19 heavy (non-hydrogen) atoms. The number of hydrogen-bond acceptors (Lipinski definition) is 2. The molecule has 0 bridgehead atoms. The minimum absolute atomic E-state index is 0.366. The highest BCUT2D eigenvalue weighted by Gasteiger charge is 2.13. The molecule has 0 saturated carbocycles. The van der Waals surface area contributed by atoms with Gasteiger partial charge < -0.3 is 5.32 Å². The molecular formula is C16H15ClN2. The van der Waals surface area contributed by atoms with Gasteiger partial charge in [0.05, 0.1) is 6.07 Å². The Bertz CT molecular complexity index is 602. The lowest BCUT2D eigenvalue weighted by atomic mass is 9.99. The molecule has 0 aliphatic heterocycles. The summed E-state index contributed by atoms with van der Waals surface area (Å²) in [6.45, 7) is 2.09. The van der Waals surface area contributed by atoms with E-state index >= 15 is 0 Å². The van der Waals surface area contributed by atoms with Gasteiger partial charge in [0.15, 0.2) is 0 Å². The van der Waals surface area contributed by atoms with Crippen LogP contribution in [0.5, 0.6) is 0 Å². The number of aryl methyl sites for hydroxylation is 1. The van der Waals surface area contributed by atoms with Gasteiger partial charge in [0.25, 0.3) is 0 Å². The molecule has 0 aromatic heterocycles. The van der Waals surface area contributed by atoms with Crippen LogP contribution in [0.1, 0.15) is 24.1 Å². The average Bonchev–Trinajstić information content (AvgIpc) is 2.45. The summed E-state index contributed by atoms with van der Waals surface area (Å²) in [5, 5.41) is 13.3. The molecule has 0 saturated heterocycles. The highest BCUT2D eigenvalue weighted by Crippen LogP contribution is 2.24. The first-order chi connectivity index (χ1) is 9.24. The second kappa shape index (κ2) is 6.26. The summed E-state index contributed by atoms with van der Waals surface area (Å²) in [6.07, 6.45) is 0.908. The van der Waals surface area contributed by atoms with E-state index < -0.39 is 0 Å². The number of nitrogens with zero attached hydrogens (tertiary/aromatic N) is 1. The number of nitrogens with one attached hydrogen (secondary N) is 1. The van der Waals surface area contributed by atoms with Crippen LogP contribution in [0.15, 0.2) is 48.5 Å². The Balaban J connectivity index is 2.28. The van der Waals surface area contributed by atoms with E-state index in [1.54, 1.807) is 0 Å². The molecule has 1 unspecified atom stereocenters. The zero-order valence-electron chi connectivity index (χ0n) is 10.7. The summed E-state index contributed by atoms with van der Waals surface area (Å²) in [4.78, 5) is 0. The van der Waals surface area contributed by atoms with Crippen molar-refractivity contribution in [1.29, 1.82) is 5.26 Å². The predicted octanol–water partition coefficient (Wildman–Crippen LogP) is 4.58. The van der Waals surface area contributed by atoms with Crippen molar-refractivity contribution in [3.63, 3.8) is 0 Å². The van der Waals surface area contributed by atoms with E-state index in [1.807, 2.05) is 42.5 Å².